The van der Waals surface area contributed by atoms with Gasteiger partial charge in [0.05, 0.1) is 38.0 Å². The SMILES string of the molecule is CC[C@H](C)N(Cc1c(-c2ccccc2F)noc1N1CCOCC1)C(=O)c1ccccc1OC. The number of carbonyl (C=O) groups is 1. The van der Waals surface area contributed by atoms with Crippen molar-refractivity contribution < 1.29 is 23.2 Å². The van der Waals surface area contributed by atoms with Gasteiger partial charge >= 0.3 is 0 Å². The van der Waals surface area contributed by atoms with E-state index in [1.807, 2.05) is 30.9 Å². The van der Waals surface area contributed by atoms with E-state index in [4.69, 9.17) is 14.0 Å². The van der Waals surface area contributed by atoms with Crippen molar-refractivity contribution in [1.82, 2.24) is 10.1 Å². The number of ether oxygens (including phenoxy) is 2. The molecule has 1 fully saturated rings. The Kier molecular flexibility index (Phi) is 7.47. The van der Waals surface area contributed by atoms with Crippen molar-refractivity contribution in [3.05, 3.63) is 65.5 Å². The number of nitrogens with zero attached hydrogens (tertiary/aromatic N) is 3. The molecule has 1 aliphatic rings. The van der Waals surface area contributed by atoms with Gasteiger partial charge in [-0.25, -0.2) is 4.39 Å². The highest BCUT2D eigenvalue weighted by molar-refractivity contribution is 5.97. The highest BCUT2D eigenvalue weighted by Crippen LogP contribution is 2.35. The number of aromatic nitrogens is 1. The molecule has 1 aliphatic heterocycles. The summed E-state index contributed by atoms with van der Waals surface area (Å²) >= 11 is 0. The highest BCUT2D eigenvalue weighted by atomic mass is 19.1. The zero-order valence-corrected chi connectivity index (χ0v) is 19.8. The van der Waals surface area contributed by atoms with Crippen LogP contribution in [-0.4, -0.2) is 55.4 Å². The standard InChI is InChI=1S/C26H30FN3O4/c1-4-18(2)30(25(31)20-10-6-8-12-23(20)32-3)17-21-24(19-9-5-7-11-22(19)27)28-34-26(21)29-13-15-33-16-14-29/h5-12,18H,4,13-17H2,1-3H3/t18-/m0/s1. The van der Waals surface area contributed by atoms with E-state index < -0.39 is 5.82 Å². The fourth-order valence-electron chi connectivity index (χ4n) is 4.12. The molecule has 0 N–H and O–H groups in total. The molecule has 0 spiro atoms. The maximum absolute atomic E-state index is 14.8. The second-order valence-electron chi connectivity index (χ2n) is 8.28. The van der Waals surface area contributed by atoms with E-state index >= 15 is 0 Å². The van der Waals surface area contributed by atoms with Crippen LogP contribution in [0.15, 0.2) is 53.1 Å². The summed E-state index contributed by atoms with van der Waals surface area (Å²) in [6.45, 7) is 6.62. The molecule has 3 aromatic rings. The molecule has 180 valence electrons. The number of amides is 1. The van der Waals surface area contributed by atoms with Crippen LogP contribution in [0.4, 0.5) is 10.3 Å². The molecular formula is C26H30FN3O4. The predicted octanol–water partition coefficient (Wildman–Crippen LogP) is 4.77. The van der Waals surface area contributed by atoms with Crippen molar-refractivity contribution in [3.8, 4) is 17.0 Å². The van der Waals surface area contributed by atoms with Gasteiger partial charge in [0.1, 0.15) is 17.3 Å². The zero-order valence-electron chi connectivity index (χ0n) is 19.8. The van der Waals surface area contributed by atoms with Crippen LogP contribution in [0.1, 0.15) is 36.2 Å². The Bertz CT molecular complexity index is 1130. The van der Waals surface area contributed by atoms with Gasteiger partial charge in [0.2, 0.25) is 5.88 Å². The van der Waals surface area contributed by atoms with Gasteiger partial charge in [-0.15, -0.1) is 0 Å². The van der Waals surface area contributed by atoms with Gasteiger partial charge in [0, 0.05) is 24.7 Å². The Labute approximate surface area is 199 Å². The predicted molar refractivity (Wildman–Crippen MR) is 128 cm³/mol. The summed E-state index contributed by atoms with van der Waals surface area (Å²) in [5, 5.41) is 4.27. The highest BCUT2D eigenvalue weighted by Gasteiger charge is 2.31. The monoisotopic (exact) mass is 467 g/mol. The van der Waals surface area contributed by atoms with E-state index in [9.17, 15) is 9.18 Å². The van der Waals surface area contributed by atoms with E-state index in [0.29, 0.717) is 60.3 Å². The fourth-order valence-corrected chi connectivity index (χ4v) is 4.12. The van der Waals surface area contributed by atoms with Gasteiger partial charge in [-0.2, -0.15) is 0 Å². The van der Waals surface area contributed by atoms with Gasteiger partial charge in [-0.05, 0) is 37.6 Å². The minimum Gasteiger partial charge on any atom is -0.496 e. The Morgan fingerprint density at radius 3 is 2.59 bits per heavy atom. The summed E-state index contributed by atoms with van der Waals surface area (Å²) in [4.78, 5) is 17.6. The van der Waals surface area contributed by atoms with Crippen LogP contribution in [0.25, 0.3) is 11.3 Å². The van der Waals surface area contributed by atoms with E-state index in [1.54, 1.807) is 42.3 Å². The first-order chi connectivity index (χ1) is 16.5. The molecule has 0 bridgehead atoms. The lowest BCUT2D eigenvalue weighted by atomic mass is 10.0. The third-order valence-corrected chi connectivity index (χ3v) is 6.24. The largest absolute Gasteiger partial charge is 0.496 e. The maximum Gasteiger partial charge on any atom is 0.258 e. The van der Waals surface area contributed by atoms with Crippen molar-refractivity contribution in [2.45, 2.75) is 32.9 Å². The molecule has 1 amide bonds. The number of benzene rings is 2. The molecule has 0 unspecified atom stereocenters. The summed E-state index contributed by atoms with van der Waals surface area (Å²) in [6, 6.07) is 13.6. The third-order valence-electron chi connectivity index (χ3n) is 6.24. The van der Waals surface area contributed by atoms with Crippen LogP contribution in [-0.2, 0) is 11.3 Å². The van der Waals surface area contributed by atoms with Crippen molar-refractivity contribution in [1.29, 1.82) is 0 Å². The average Bonchev–Trinajstić information content (AvgIpc) is 3.30. The molecule has 1 saturated heterocycles. The molecule has 8 heteroatoms. The summed E-state index contributed by atoms with van der Waals surface area (Å²) in [5.74, 6) is 0.494. The summed E-state index contributed by atoms with van der Waals surface area (Å²) in [5.41, 5.74) is 1.90. The molecule has 1 atom stereocenters. The van der Waals surface area contributed by atoms with Crippen LogP contribution >= 0.6 is 0 Å². The molecule has 0 saturated carbocycles. The number of para-hydroxylation sites is 1. The summed E-state index contributed by atoms with van der Waals surface area (Å²) in [6.07, 6.45) is 0.744. The molecule has 2 heterocycles. The van der Waals surface area contributed by atoms with Gasteiger partial charge in [-0.3, -0.25) is 4.79 Å². The van der Waals surface area contributed by atoms with Crippen molar-refractivity contribution in [2.24, 2.45) is 0 Å². The first-order valence-electron chi connectivity index (χ1n) is 11.5. The van der Waals surface area contributed by atoms with Gasteiger partial charge in [0.25, 0.3) is 5.91 Å². The molecular weight excluding hydrogens is 437 g/mol. The van der Waals surface area contributed by atoms with E-state index in [2.05, 4.69) is 5.16 Å². The average molecular weight is 468 g/mol. The molecule has 0 radical (unpaired) electrons. The Morgan fingerprint density at radius 2 is 1.88 bits per heavy atom. The second kappa shape index (κ2) is 10.7. The van der Waals surface area contributed by atoms with E-state index in [0.717, 1.165) is 6.42 Å². The first-order valence-corrected chi connectivity index (χ1v) is 11.5. The zero-order chi connectivity index (χ0) is 24.1. The van der Waals surface area contributed by atoms with Crippen LogP contribution in [0.2, 0.25) is 0 Å². The van der Waals surface area contributed by atoms with Gasteiger partial charge in [0.15, 0.2) is 0 Å². The quantitative estimate of drug-likeness (QED) is 0.476. The van der Waals surface area contributed by atoms with Crippen LogP contribution in [0.3, 0.4) is 0 Å². The number of hydrogen-bond acceptors (Lipinski definition) is 6. The van der Waals surface area contributed by atoms with E-state index in [-0.39, 0.29) is 18.5 Å². The minimum absolute atomic E-state index is 0.0849. The van der Waals surface area contributed by atoms with E-state index in [1.165, 1.54) is 6.07 Å². The lowest BCUT2D eigenvalue weighted by molar-refractivity contribution is 0.0668. The van der Waals surface area contributed by atoms with Crippen LogP contribution in [0.5, 0.6) is 5.75 Å². The number of carbonyl (C=O) groups excluding carboxylic acids is 1. The number of methoxy groups -OCH3 is 1. The maximum atomic E-state index is 14.8. The molecule has 7 nitrogen and oxygen atoms in total. The van der Waals surface area contributed by atoms with Crippen LogP contribution < -0.4 is 9.64 Å². The molecule has 0 aliphatic carbocycles. The van der Waals surface area contributed by atoms with Crippen molar-refractivity contribution in [3.63, 3.8) is 0 Å². The van der Waals surface area contributed by atoms with Crippen molar-refractivity contribution in [2.75, 3.05) is 38.3 Å². The Balaban J connectivity index is 1.79. The first kappa shape index (κ1) is 23.8. The lowest BCUT2D eigenvalue weighted by Crippen LogP contribution is -2.40. The number of hydrogen-bond donors (Lipinski definition) is 0. The summed E-state index contributed by atoms with van der Waals surface area (Å²) in [7, 11) is 1.55. The normalized spacial score (nSPS) is 14.6. The molecule has 1 aromatic heterocycles. The van der Waals surface area contributed by atoms with Gasteiger partial charge in [-0.1, -0.05) is 36.3 Å². The topological polar surface area (TPSA) is 68.0 Å². The second-order valence-corrected chi connectivity index (χ2v) is 8.28. The molecule has 2 aromatic carbocycles. The third kappa shape index (κ3) is 4.77. The molecule has 4 rings (SSSR count). The number of morpholine rings is 1. The Hall–Kier alpha value is -3.39. The lowest BCUT2D eigenvalue weighted by Gasteiger charge is -2.31. The van der Waals surface area contributed by atoms with Crippen LogP contribution in [0, 0.1) is 5.82 Å². The number of rotatable bonds is 8. The van der Waals surface area contributed by atoms with Gasteiger partial charge < -0.3 is 23.8 Å². The smallest absolute Gasteiger partial charge is 0.258 e. The minimum atomic E-state index is -0.392. The fraction of sp³-hybridized carbons (Fsp3) is 0.385. The Morgan fingerprint density at radius 1 is 1.18 bits per heavy atom. The number of halogens is 1. The van der Waals surface area contributed by atoms with Crippen molar-refractivity contribution >= 4 is 11.8 Å². The number of anilines is 1. The molecule has 34 heavy (non-hydrogen) atoms. The summed E-state index contributed by atoms with van der Waals surface area (Å²) < 4.78 is 31.5.